The first-order chi connectivity index (χ1) is 21.6. The van der Waals surface area contributed by atoms with E-state index in [0.717, 1.165) is 15.4 Å². The van der Waals surface area contributed by atoms with E-state index >= 15 is 0 Å². The summed E-state index contributed by atoms with van der Waals surface area (Å²) in [5, 5.41) is 4.04. The van der Waals surface area contributed by atoms with Gasteiger partial charge in [0.2, 0.25) is 11.8 Å². The van der Waals surface area contributed by atoms with Gasteiger partial charge in [0.05, 0.1) is 20.6 Å². The van der Waals surface area contributed by atoms with E-state index < -0.39 is 34.1 Å². The van der Waals surface area contributed by atoms with Crippen molar-refractivity contribution in [3.8, 4) is 0 Å². The van der Waals surface area contributed by atoms with Gasteiger partial charge < -0.3 is 10.2 Å². The fourth-order valence-electron chi connectivity index (χ4n) is 4.82. The lowest BCUT2D eigenvalue weighted by Gasteiger charge is -2.35. The van der Waals surface area contributed by atoms with Gasteiger partial charge in [0.1, 0.15) is 12.6 Å². The average molecular weight is 701 g/mol. The van der Waals surface area contributed by atoms with Crippen LogP contribution in [0.5, 0.6) is 0 Å². The average Bonchev–Trinajstić information content (AvgIpc) is 2.99. The van der Waals surface area contributed by atoms with Gasteiger partial charge in [0.25, 0.3) is 10.0 Å². The summed E-state index contributed by atoms with van der Waals surface area (Å²) in [5.74, 6) is -0.981. The number of halogens is 3. The molecule has 2 amide bonds. The number of benzene rings is 4. The molecule has 11 heteroatoms. The van der Waals surface area contributed by atoms with E-state index in [4.69, 9.17) is 34.8 Å². The molecule has 1 unspecified atom stereocenters. The van der Waals surface area contributed by atoms with Crippen LogP contribution in [0.2, 0.25) is 15.1 Å². The van der Waals surface area contributed by atoms with Crippen molar-refractivity contribution in [2.45, 2.75) is 57.1 Å². The first kappa shape index (κ1) is 35.3. The SMILES string of the molecule is Cc1ccc(S(=O)(=O)N(CC(=O)N(Cc2ccc(Cl)c(Cl)c2)C(Cc2ccccc2)C(=O)NC(C)(C)C)c2ccc(Cl)cc2)cc1. The lowest BCUT2D eigenvalue weighted by atomic mass is 10.0. The van der Waals surface area contributed by atoms with Crippen molar-refractivity contribution in [1.82, 2.24) is 10.2 Å². The Morgan fingerprint density at radius 1 is 0.804 bits per heavy atom. The highest BCUT2D eigenvalue weighted by Gasteiger charge is 2.35. The molecule has 1 atom stereocenters. The van der Waals surface area contributed by atoms with E-state index in [1.54, 1.807) is 54.6 Å². The fraction of sp³-hybridized carbons (Fsp3) is 0.257. The summed E-state index contributed by atoms with van der Waals surface area (Å²) in [7, 11) is -4.23. The molecule has 0 fully saturated rings. The summed E-state index contributed by atoms with van der Waals surface area (Å²) in [6, 6.07) is 25.9. The molecule has 0 aliphatic rings. The lowest BCUT2D eigenvalue weighted by molar-refractivity contribution is -0.140. The zero-order valence-corrected chi connectivity index (χ0v) is 29.1. The highest BCUT2D eigenvalue weighted by Crippen LogP contribution is 2.28. The molecule has 0 saturated carbocycles. The maximum Gasteiger partial charge on any atom is 0.264 e. The number of carbonyl (C=O) groups excluding carboxylic acids is 2. The summed E-state index contributed by atoms with van der Waals surface area (Å²) < 4.78 is 29.3. The van der Waals surface area contributed by atoms with Gasteiger partial charge in [-0.1, -0.05) is 88.9 Å². The van der Waals surface area contributed by atoms with Gasteiger partial charge in [0, 0.05) is 23.5 Å². The molecule has 0 radical (unpaired) electrons. The Kier molecular flexibility index (Phi) is 11.4. The number of aryl methyl sites for hydroxylation is 1. The van der Waals surface area contributed by atoms with E-state index in [0.29, 0.717) is 15.6 Å². The highest BCUT2D eigenvalue weighted by atomic mass is 35.5. The molecule has 0 spiro atoms. The smallest absolute Gasteiger partial charge is 0.264 e. The lowest BCUT2D eigenvalue weighted by Crippen LogP contribution is -2.56. The summed E-state index contributed by atoms with van der Waals surface area (Å²) in [4.78, 5) is 29.9. The van der Waals surface area contributed by atoms with Gasteiger partial charge in [-0.05, 0) is 87.4 Å². The van der Waals surface area contributed by atoms with Crippen LogP contribution in [-0.4, -0.2) is 43.3 Å². The van der Waals surface area contributed by atoms with Gasteiger partial charge in [-0.3, -0.25) is 13.9 Å². The quantitative estimate of drug-likeness (QED) is 0.174. The van der Waals surface area contributed by atoms with Crippen LogP contribution < -0.4 is 9.62 Å². The van der Waals surface area contributed by atoms with Crippen LogP contribution in [0.3, 0.4) is 0 Å². The van der Waals surface area contributed by atoms with Crippen LogP contribution in [0, 0.1) is 6.92 Å². The molecule has 0 aliphatic heterocycles. The van der Waals surface area contributed by atoms with Gasteiger partial charge in [-0.15, -0.1) is 0 Å². The number of sulfonamides is 1. The van der Waals surface area contributed by atoms with Crippen LogP contribution in [0.1, 0.15) is 37.5 Å². The number of hydrogen-bond acceptors (Lipinski definition) is 4. The normalized spacial score (nSPS) is 12.3. The molecule has 46 heavy (non-hydrogen) atoms. The number of nitrogens with one attached hydrogen (secondary N) is 1. The Labute approximate surface area is 286 Å². The first-order valence-electron chi connectivity index (χ1n) is 14.6. The van der Waals surface area contributed by atoms with Gasteiger partial charge in [0.15, 0.2) is 0 Å². The highest BCUT2D eigenvalue weighted by molar-refractivity contribution is 7.92. The van der Waals surface area contributed by atoms with Crippen LogP contribution in [0.15, 0.2) is 102 Å². The van der Waals surface area contributed by atoms with E-state index in [1.165, 1.54) is 17.0 Å². The second-order valence-corrected chi connectivity index (χ2v) is 15.1. The van der Waals surface area contributed by atoms with Crippen molar-refractivity contribution in [3.63, 3.8) is 0 Å². The second-order valence-electron chi connectivity index (χ2n) is 12.0. The molecule has 4 aromatic carbocycles. The molecule has 4 rings (SSSR count). The van der Waals surface area contributed by atoms with Crippen molar-refractivity contribution >= 4 is 62.3 Å². The Balaban J connectivity index is 1.83. The molecule has 0 saturated heterocycles. The minimum Gasteiger partial charge on any atom is -0.350 e. The van der Waals surface area contributed by atoms with Crippen LogP contribution in [0.4, 0.5) is 5.69 Å². The number of hydrogen-bond donors (Lipinski definition) is 1. The summed E-state index contributed by atoms with van der Waals surface area (Å²) in [5.41, 5.74) is 1.96. The zero-order chi connectivity index (χ0) is 33.6. The van der Waals surface area contributed by atoms with Crippen LogP contribution in [-0.2, 0) is 32.6 Å². The number of rotatable bonds is 11. The second kappa shape index (κ2) is 14.9. The number of anilines is 1. The van der Waals surface area contributed by atoms with E-state index in [2.05, 4.69) is 5.32 Å². The van der Waals surface area contributed by atoms with Crippen LogP contribution >= 0.6 is 34.8 Å². The molecule has 0 bridgehead atoms. The largest absolute Gasteiger partial charge is 0.350 e. The minimum atomic E-state index is -4.23. The standard InChI is InChI=1S/C35H36Cl3N3O4S/c1-24-10-17-29(18-11-24)46(44,45)41(28-15-13-27(36)14-16-28)23-33(42)40(22-26-12-19-30(37)31(38)20-26)32(34(43)39-35(2,3)4)21-25-8-6-5-7-9-25/h5-20,32H,21-23H2,1-4H3,(H,39,43). The maximum absolute atomic E-state index is 14.5. The van der Waals surface area contributed by atoms with Crippen molar-refractivity contribution in [2.24, 2.45) is 0 Å². The monoisotopic (exact) mass is 699 g/mol. The predicted octanol–water partition coefficient (Wildman–Crippen LogP) is 7.71. The number of carbonyl (C=O) groups is 2. The molecular weight excluding hydrogens is 665 g/mol. The number of amides is 2. The van der Waals surface area contributed by atoms with E-state index in [-0.39, 0.29) is 34.5 Å². The molecule has 242 valence electrons. The third kappa shape index (κ3) is 9.26. The zero-order valence-electron chi connectivity index (χ0n) is 26.0. The summed E-state index contributed by atoms with van der Waals surface area (Å²) >= 11 is 18.7. The van der Waals surface area contributed by atoms with Gasteiger partial charge in [-0.25, -0.2) is 8.42 Å². The first-order valence-corrected chi connectivity index (χ1v) is 17.2. The third-order valence-electron chi connectivity index (χ3n) is 7.11. The fourth-order valence-corrected chi connectivity index (χ4v) is 6.68. The van der Waals surface area contributed by atoms with Crippen molar-refractivity contribution in [1.29, 1.82) is 0 Å². The molecule has 0 heterocycles. The minimum absolute atomic E-state index is 0.0168. The molecule has 7 nitrogen and oxygen atoms in total. The van der Waals surface area contributed by atoms with E-state index in [1.807, 2.05) is 58.0 Å². The Bertz CT molecular complexity index is 1780. The third-order valence-corrected chi connectivity index (χ3v) is 9.89. The van der Waals surface area contributed by atoms with Gasteiger partial charge in [-0.2, -0.15) is 0 Å². The Morgan fingerprint density at radius 3 is 2.02 bits per heavy atom. The van der Waals surface area contributed by atoms with Crippen molar-refractivity contribution in [2.75, 3.05) is 10.8 Å². The predicted molar refractivity (Wildman–Crippen MR) is 186 cm³/mol. The molecule has 1 N–H and O–H groups in total. The summed E-state index contributed by atoms with van der Waals surface area (Å²) in [6.45, 7) is 6.79. The van der Waals surface area contributed by atoms with Gasteiger partial charge >= 0.3 is 0 Å². The number of nitrogens with zero attached hydrogens (tertiary/aromatic N) is 2. The maximum atomic E-state index is 14.5. The molecular formula is C35H36Cl3N3O4S. The Hall–Kier alpha value is -3.56. The van der Waals surface area contributed by atoms with E-state index in [9.17, 15) is 18.0 Å². The van der Waals surface area contributed by atoms with Crippen molar-refractivity contribution in [3.05, 3.63) is 129 Å². The molecule has 0 aromatic heterocycles. The molecule has 4 aromatic rings. The topological polar surface area (TPSA) is 86.8 Å². The molecule has 0 aliphatic carbocycles. The Morgan fingerprint density at radius 2 is 1.43 bits per heavy atom. The van der Waals surface area contributed by atoms with Crippen molar-refractivity contribution < 1.29 is 18.0 Å². The van der Waals surface area contributed by atoms with Crippen LogP contribution in [0.25, 0.3) is 0 Å². The summed E-state index contributed by atoms with van der Waals surface area (Å²) in [6.07, 6.45) is 0.182.